The van der Waals surface area contributed by atoms with Gasteiger partial charge in [-0.2, -0.15) is 5.10 Å². The molecule has 0 aliphatic carbocycles. The molecule has 1 N–H and O–H groups in total. The average molecular weight is 301 g/mol. The van der Waals surface area contributed by atoms with Gasteiger partial charge < -0.3 is 5.32 Å². The molecular weight excluding hydrogens is 289 g/mol. The molecule has 3 rings (SSSR count). The number of nitrogens with zero attached hydrogens (tertiary/aromatic N) is 4. The summed E-state index contributed by atoms with van der Waals surface area (Å²) in [6, 6.07) is 6.20. The molecule has 5 nitrogen and oxygen atoms in total. The van der Waals surface area contributed by atoms with E-state index in [9.17, 15) is 4.39 Å². The average Bonchev–Trinajstić information content (AvgIpc) is 3.02. The maximum Gasteiger partial charge on any atom is 0.243 e. The maximum absolute atomic E-state index is 13.3. The van der Waals surface area contributed by atoms with Gasteiger partial charge in [0.15, 0.2) is 0 Å². The topological polar surface area (TPSA) is 63.6 Å². The number of aromatic nitrogens is 4. The number of nitrogens with one attached hydrogen (secondary N) is 1. The Morgan fingerprint density at radius 2 is 2.24 bits per heavy atom. The van der Waals surface area contributed by atoms with E-state index in [4.69, 9.17) is 0 Å². The van der Waals surface area contributed by atoms with Crippen LogP contribution in [0.1, 0.15) is 18.0 Å². The van der Waals surface area contributed by atoms with Gasteiger partial charge in [-0.3, -0.25) is 0 Å². The van der Waals surface area contributed by atoms with Gasteiger partial charge in [-0.25, -0.2) is 14.4 Å². The van der Waals surface area contributed by atoms with Gasteiger partial charge in [0.05, 0.1) is 17.9 Å². The van der Waals surface area contributed by atoms with E-state index in [1.807, 2.05) is 12.3 Å². The Morgan fingerprint density at radius 3 is 3.00 bits per heavy atom. The Hall–Kier alpha value is -2.41. The summed E-state index contributed by atoms with van der Waals surface area (Å²) < 4.78 is 13.3. The zero-order valence-electron chi connectivity index (χ0n) is 11.2. The van der Waals surface area contributed by atoms with Crippen molar-refractivity contribution in [1.29, 1.82) is 0 Å². The number of rotatable bonds is 4. The van der Waals surface area contributed by atoms with E-state index < -0.39 is 0 Å². The molecule has 0 unspecified atom stereocenters. The third kappa shape index (κ3) is 3.19. The molecular formula is C14H12FN5S. The molecule has 0 amide bonds. The first-order valence-electron chi connectivity index (χ1n) is 6.34. The monoisotopic (exact) mass is 301 g/mol. The first kappa shape index (κ1) is 13.6. The SMILES string of the molecule is C[C@H](Nc1nncc(-c2cccc(F)c2)n1)c1nccs1. The smallest absolute Gasteiger partial charge is 0.243 e. The van der Waals surface area contributed by atoms with E-state index in [-0.39, 0.29) is 11.9 Å². The summed E-state index contributed by atoms with van der Waals surface area (Å²) in [5.41, 5.74) is 1.23. The van der Waals surface area contributed by atoms with Crippen LogP contribution in [0.3, 0.4) is 0 Å². The minimum Gasteiger partial charge on any atom is -0.344 e. The highest BCUT2D eigenvalue weighted by atomic mass is 32.1. The molecule has 0 spiro atoms. The lowest BCUT2D eigenvalue weighted by Gasteiger charge is -2.11. The molecule has 2 aromatic heterocycles. The predicted molar refractivity (Wildman–Crippen MR) is 79.4 cm³/mol. The van der Waals surface area contributed by atoms with Gasteiger partial charge in [0, 0.05) is 17.1 Å². The van der Waals surface area contributed by atoms with E-state index in [1.54, 1.807) is 29.7 Å². The van der Waals surface area contributed by atoms with Crippen LogP contribution in [0.15, 0.2) is 42.0 Å². The van der Waals surface area contributed by atoms with Crippen LogP contribution in [0, 0.1) is 5.82 Å². The molecule has 2 heterocycles. The summed E-state index contributed by atoms with van der Waals surface area (Å²) in [4.78, 5) is 8.59. The molecule has 0 aliphatic heterocycles. The van der Waals surface area contributed by atoms with Crippen molar-refractivity contribution in [3.63, 3.8) is 0 Å². The Labute approximate surface area is 124 Å². The summed E-state index contributed by atoms with van der Waals surface area (Å²) in [7, 11) is 0. The van der Waals surface area contributed by atoms with E-state index >= 15 is 0 Å². The minimum atomic E-state index is -0.309. The molecule has 0 fully saturated rings. The highest BCUT2D eigenvalue weighted by molar-refractivity contribution is 7.09. The number of thiazole rings is 1. The molecule has 0 bridgehead atoms. The number of benzene rings is 1. The summed E-state index contributed by atoms with van der Waals surface area (Å²) in [5.74, 6) is 0.0798. The Kier molecular flexibility index (Phi) is 3.83. The van der Waals surface area contributed by atoms with Gasteiger partial charge in [-0.15, -0.1) is 16.4 Å². The predicted octanol–water partition coefficient (Wildman–Crippen LogP) is 3.31. The summed E-state index contributed by atoms with van der Waals surface area (Å²) in [6.45, 7) is 1.97. The van der Waals surface area contributed by atoms with E-state index in [2.05, 4.69) is 25.5 Å². The summed E-state index contributed by atoms with van der Waals surface area (Å²) >= 11 is 1.55. The van der Waals surface area contributed by atoms with E-state index in [1.165, 1.54) is 18.3 Å². The van der Waals surface area contributed by atoms with Gasteiger partial charge in [0.1, 0.15) is 10.8 Å². The summed E-state index contributed by atoms with van der Waals surface area (Å²) in [5, 5.41) is 13.8. The first-order chi connectivity index (χ1) is 10.2. The molecule has 3 aromatic rings. The largest absolute Gasteiger partial charge is 0.344 e. The fraction of sp³-hybridized carbons (Fsp3) is 0.143. The molecule has 1 aromatic carbocycles. The Morgan fingerprint density at radius 1 is 1.33 bits per heavy atom. The van der Waals surface area contributed by atoms with Crippen LogP contribution in [0.2, 0.25) is 0 Å². The lowest BCUT2D eigenvalue weighted by Crippen LogP contribution is -2.10. The Bertz CT molecular complexity index is 732. The van der Waals surface area contributed by atoms with Gasteiger partial charge >= 0.3 is 0 Å². The lowest BCUT2D eigenvalue weighted by molar-refractivity contribution is 0.628. The maximum atomic E-state index is 13.3. The van der Waals surface area contributed by atoms with Crippen LogP contribution in [0.25, 0.3) is 11.3 Å². The fourth-order valence-corrected chi connectivity index (χ4v) is 2.50. The standard InChI is InChI=1S/C14H12FN5S/c1-9(13-16-5-6-21-13)18-14-19-12(8-17-20-14)10-3-2-4-11(15)7-10/h2-9H,1H3,(H,18,19,20)/t9-/m0/s1. The van der Waals surface area contributed by atoms with Gasteiger partial charge in [0.25, 0.3) is 0 Å². The van der Waals surface area contributed by atoms with Crippen molar-refractivity contribution < 1.29 is 4.39 Å². The van der Waals surface area contributed by atoms with Crippen molar-refractivity contribution in [3.05, 3.63) is 52.9 Å². The second-order valence-electron chi connectivity index (χ2n) is 4.41. The third-order valence-electron chi connectivity index (χ3n) is 2.85. The van der Waals surface area contributed by atoms with Gasteiger partial charge in [-0.1, -0.05) is 12.1 Å². The number of hydrogen-bond acceptors (Lipinski definition) is 6. The van der Waals surface area contributed by atoms with Crippen molar-refractivity contribution in [2.45, 2.75) is 13.0 Å². The molecule has 0 radical (unpaired) electrons. The fourth-order valence-electron chi connectivity index (χ4n) is 1.86. The number of hydrogen-bond donors (Lipinski definition) is 1. The second-order valence-corrected chi connectivity index (χ2v) is 5.34. The van der Waals surface area contributed by atoms with Crippen LogP contribution in [-0.4, -0.2) is 20.2 Å². The van der Waals surface area contributed by atoms with Crippen LogP contribution in [-0.2, 0) is 0 Å². The van der Waals surface area contributed by atoms with Crippen LogP contribution in [0.5, 0.6) is 0 Å². The van der Waals surface area contributed by atoms with Crippen molar-refractivity contribution in [1.82, 2.24) is 20.2 Å². The van der Waals surface area contributed by atoms with Crippen molar-refractivity contribution >= 4 is 17.3 Å². The second kappa shape index (κ2) is 5.92. The molecule has 1 atom stereocenters. The minimum absolute atomic E-state index is 0.0189. The van der Waals surface area contributed by atoms with E-state index in [0.717, 1.165) is 5.01 Å². The normalized spacial score (nSPS) is 12.1. The lowest BCUT2D eigenvalue weighted by atomic mass is 10.2. The van der Waals surface area contributed by atoms with Crippen molar-refractivity contribution in [2.75, 3.05) is 5.32 Å². The molecule has 21 heavy (non-hydrogen) atoms. The zero-order chi connectivity index (χ0) is 14.7. The Balaban J connectivity index is 1.83. The van der Waals surface area contributed by atoms with Crippen LogP contribution >= 0.6 is 11.3 Å². The molecule has 0 saturated carbocycles. The van der Waals surface area contributed by atoms with Crippen LogP contribution < -0.4 is 5.32 Å². The highest BCUT2D eigenvalue weighted by Gasteiger charge is 2.11. The zero-order valence-corrected chi connectivity index (χ0v) is 12.0. The molecule has 106 valence electrons. The molecule has 0 saturated heterocycles. The van der Waals surface area contributed by atoms with E-state index in [0.29, 0.717) is 17.2 Å². The first-order valence-corrected chi connectivity index (χ1v) is 7.22. The van der Waals surface area contributed by atoms with Gasteiger partial charge in [-0.05, 0) is 19.1 Å². The molecule has 7 heteroatoms. The van der Waals surface area contributed by atoms with Gasteiger partial charge in [0.2, 0.25) is 5.95 Å². The highest BCUT2D eigenvalue weighted by Crippen LogP contribution is 2.21. The number of anilines is 1. The third-order valence-corrected chi connectivity index (χ3v) is 3.80. The molecule has 0 aliphatic rings. The quantitative estimate of drug-likeness (QED) is 0.801. The summed E-state index contributed by atoms with van der Waals surface area (Å²) in [6.07, 6.45) is 3.26. The van der Waals surface area contributed by atoms with Crippen molar-refractivity contribution in [2.24, 2.45) is 0 Å². The van der Waals surface area contributed by atoms with Crippen LogP contribution in [0.4, 0.5) is 10.3 Å². The van der Waals surface area contributed by atoms with Crippen molar-refractivity contribution in [3.8, 4) is 11.3 Å². The number of halogens is 1.